The predicted octanol–water partition coefficient (Wildman–Crippen LogP) is 3.55. The smallest absolute Gasteiger partial charge is 0.0713 e. The van der Waals surface area contributed by atoms with Gasteiger partial charge in [-0.3, -0.25) is 0 Å². The van der Waals surface area contributed by atoms with Gasteiger partial charge in [0.05, 0.1) is 8.00 Å². The molecule has 3 heteroatoms. The van der Waals surface area contributed by atoms with Gasteiger partial charge in [0.1, 0.15) is 0 Å². The highest BCUT2D eigenvalue weighted by atomic mass is 79.9. The molecule has 0 aliphatic carbocycles. The number of halogens is 1. The van der Waals surface area contributed by atoms with Crippen molar-refractivity contribution in [1.82, 2.24) is 0 Å². The summed E-state index contributed by atoms with van der Waals surface area (Å²) in [6.45, 7) is 0. The van der Waals surface area contributed by atoms with Crippen LogP contribution in [-0.2, 0) is 6.42 Å². The van der Waals surface area contributed by atoms with Gasteiger partial charge in [-0.1, -0.05) is 0 Å². The standard InChI is InChI=1S/C7H7BrS2/c8-6-4-5-2-1-3-9-7(5)10-6/h4H,1-3H2. The van der Waals surface area contributed by atoms with E-state index >= 15 is 0 Å². The molecule has 1 aromatic heterocycles. The fourth-order valence-corrected chi connectivity index (χ4v) is 4.43. The molecule has 0 amide bonds. The van der Waals surface area contributed by atoms with E-state index in [1.807, 2.05) is 23.1 Å². The Labute approximate surface area is 77.2 Å². The molecule has 1 aliphatic heterocycles. The van der Waals surface area contributed by atoms with E-state index in [1.54, 1.807) is 5.56 Å². The summed E-state index contributed by atoms with van der Waals surface area (Å²) < 4.78 is 2.81. The van der Waals surface area contributed by atoms with Crippen molar-refractivity contribution in [1.29, 1.82) is 0 Å². The van der Waals surface area contributed by atoms with Crippen LogP contribution in [0.2, 0.25) is 0 Å². The van der Waals surface area contributed by atoms with Crippen molar-refractivity contribution < 1.29 is 0 Å². The van der Waals surface area contributed by atoms with Crippen molar-refractivity contribution in [2.24, 2.45) is 0 Å². The van der Waals surface area contributed by atoms with Gasteiger partial charge in [0.2, 0.25) is 0 Å². The molecule has 0 spiro atoms. The highest BCUT2D eigenvalue weighted by molar-refractivity contribution is 9.11. The first-order valence-electron chi connectivity index (χ1n) is 3.27. The van der Waals surface area contributed by atoms with Gasteiger partial charge in [-0.15, -0.1) is 23.1 Å². The zero-order chi connectivity index (χ0) is 6.97. The third kappa shape index (κ3) is 1.27. The average Bonchev–Trinajstić information content (AvgIpc) is 2.27. The molecule has 0 aromatic carbocycles. The van der Waals surface area contributed by atoms with Crippen LogP contribution >= 0.6 is 39.0 Å². The molecule has 0 saturated carbocycles. The number of hydrogen-bond donors (Lipinski definition) is 0. The van der Waals surface area contributed by atoms with Crippen molar-refractivity contribution in [3.63, 3.8) is 0 Å². The van der Waals surface area contributed by atoms with Crippen LogP contribution in [0.15, 0.2) is 14.1 Å². The summed E-state index contributed by atoms with van der Waals surface area (Å²) in [5.41, 5.74) is 1.55. The maximum Gasteiger partial charge on any atom is 0.0713 e. The van der Waals surface area contributed by atoms with E-state index in [9.17, 15) is 0 Å². The molecule has 54 valence electrons. The first kappa shape index (κ1) is 7.19. The second-order valence-corrected chi connectivity index (χ2v) is 6.11. The molecule has 0 atom stereocenters. The number of fused-ring (bicyclic) bond motifs is 1. The van der Waals surface area contributed by atoms with E-state index in [4.69, 9.17) is 0 Å². The summed E-state index contributed by atoms with van der Waals surface area (Å²) in [5, 5.41) is 0. The Hall–Kier alpha value is 0.530. The number of thiophene rings is 1. The second kappa shape index (κ2) is 2.88. The minimum atomic E-state index is 1.28. The fourth-order valence-electron chi connectivity index (χ4n) is 1.10. The van der Waals surface area contributed by atoms with E-state index in [-0.39, 0.29) is 0 Å². The van der Waals surface area contributed by atoms with Gasteiger partial charge in [0, 0.05) is 0 Å². The largest absolute Gasteiger partial charge is 0.122 e. The monoisotopic (exact) mass is 234 g/mol. The Morgan fingerprint density at radius 2 is 2.40 bits per heavy atom. The molecule has 1 aromatic rings. The van der Waals surface area contributed by atoms with Crippen LogP contribution in [0.3, 0.4) is 0 Å². The molecule has 0 bridgehead atoms. The molecular formula is C7H7BrS2. The molecule has 2 heterocycles. The molecule has 0 nitrogen and oxygen atoms in total. The molecule has 0 fully saturated rings. The van der Waals surface area contributed by atoms with Gasteiger partial charge < -0.3 is 0 Å². The van der Waals surface area contributed by atoms with E-state index < -0.39 is 0 Å². The first-order valence-corrected chi connectivity index (χ1v) is 5.87. The Morgan fingerprint density at radius 1 is 1.50 bits per heavy atom. The zero-order valence-electron chi connectivity index (χ0n) is 5.39. The van der Waals surface area contributed by atoms with Gasteiger partial charge in [-0.05, 0) is 46.2 Å². The summed E-state index contributed by atoms with van der Waals surface area (Å²) in [6, 6.07) is 2.26. The van der Waals surface area contributed by atoms with Crippen LogP contribution < -0.4 is 0 Å². The fraction of sp³-hybridized carbons (Fsp3) is 0.429. The lowest BCUT2D eigenvalue weighted by Crippen LogP contribution is -1.92. The number of rotatable bonds is 0. The lowest BCUT2D eigenvalue weighted by Gasteiger charge is -2.07. The van der Waals surface area contributed by atoms with Crippen LogP contribution in [0.1, 0.15) is 12.0 Å². The molecule has 10 heavy (non-hydrogen) atoms. The Bertz CT molecular complexity index is 218. The summed E-state index contributed by atoms with van der Waals surface area (Å²) >= 11 is 7.37. The highest BCUT2D eigenvalue weighted by Crippen LogP contribution is 2.39. The lowest BCUT2D eigenvalue weighted by molar-refractivity contribution is 0.905. The van der Waals surface area contributed by atoms with Gasteiger partial charge >= 0.3 is 0 Å². The highest BCUT2D eigenvalue weighted by Gasteiger charge is 2.12. The van der Waals surface area contributed by atoms with Crippen molar-refractivity contribution in [2.45, 2.75) is 17.1 Å². The third-order valence-corrected chi connectivity index (χ3v) is 4.66. The van der Waals surface area contributed by atoms with Crippen LogP contribution in [0, 0.1) is 0 Å². The minimum Gasteiger partial charge on any atom is -0.122 e. The normalized spacial score (nSPS) is 16.9. The van der Waals surface area contributed by atoms with Crippen LogP contribution in [0.5, 0.6) is 0 Å². The van der Waals surface area contributed by atoms with Crippen molar-refractivity contribution >= 4 is 39.0 Å². The van der Waals surface area contributed by atoms with Crippen LogP contribution in [0.25, 0.3) is 0 Å². The predicted molar refractivity (Wildman–Crippen MR) is 51.1 cm³/mol. The Kier molecular flexibility index (Phi) is 2.07. The Morgan fingerprint density at radius 3 is 3.20 bits per heavy atom. The molecule has 2 rings (SSSR count). The minimum absolute atomic E-state index is 1.28. The molecule has 0 unspecified atom stereocenters. The maximum absolute atomic E-state index is 3.50. The van der Waals surface area contributed by atoms with E-state index in [0.29, 0.717) is 0 Å². The first-order chi connectivity index (χ1) is 4.86. The summed E-state index contributed by atoms with van der Waals surface area (Å²) in [6.07, 6.45) is 2.63. The van der Waals surface area contributed by atoms with Crippen LogP contribution in [-0.4, -0.2) is 5.75 Å². The quantitative estimate of drug-likeness (QED) is 0.662. The van der Waals surface area contributed by atoms with Crippen molar-refractivity contribution in [2.75, 3.05) is 5.75 Å². The van der Waals surface area contributed by atoms with E-state index in [2.05, 4.69) is 22.0 Å². The number of hydrogen-bond acceptors (Lipinski definition) is 2. The molecule has 1 aliphatic rings. The lowest BCUT2D eigenvalue weighted by atomic mass is 10.2. The average molecular weight is 235 g/mol. The zero-order valence-corrected chi connectivity index (χ0v) is 8.61. The number of thioether (sulfide) groups is 1. The number of aryl methyl sites for hydroxylation is 1. The van der Waals surface area contributed by atoms with Gasteiger partial charge in [-0.25, -0.2) is 0 Å². The molecular weight excluding hydrogens is 228 g/mol. The Balaban J connectivity index is 2.41. The summed E-state index contributed by atoms with van der Waals surface area (Å²) in [5.74, 6) is 1.31. The van der Waals surface area contributed by atoms with Crippen molar-refractivity contribution in [3.05, 3.63) is 15.4 Å². The van der Waals surface area contributed by atoms with Gasteiger partial charge in [-0.2, -0.15) is 0 Å². The van der Waals surface area contributed by atoms with Crippen molar-refractivity contribution in [3.8, 4) is 0 Å². The van der Waals surface area contributed by atoms with Gasteiger partial charge in [0.25, 0.3) is 0 Å². The molecule has 0 N–H and O–H groups in total. The second-order valence-electron chi connectivity index (χ2n) is 2.32. The van der Waals surface area contributed by atoms with Crippen LogP contribution in [0.4, 0.5) is 0 Å². The van der Waals surface area contributed by atoms with E-state index in [0.717, 1.165) is 0 Å². The SMILES string of the molecule is Brc1cc2c(s1)SCCC2. The van der Waals surface area contributed by atoms with Gasteiger partial charge in [0.15, 0.2) is 0 Å². The molecule has 0 radical (unpaired) electrons. The van der Waals surface area contributed by atoms with E-state index in [1.165, 1.54) is 26.6 Å². The third-order valence-electron chi connectivity index (χ3n) is 1.56. The maximum atomic E-state index is 3.50. The summed E-state index contributed by atoms with van der Waals surface area (Å²) in [4.78, 5) is 0. The molecule has 0 saturated heterocycles. The summed E-state index contributed by atoms with van der Waals surface area (Å²) in [7, 11) is 0. The topological polar surface area (TPSA) is 0 Å².